The van der Waals surface area contributed by atoms with E-state index in [9.17, 15) is 0 Å². The van der Waals surface area contributed by atoms with E-state index in [0.29, 0.717) is 0 Å². The topological polar surface area (TPSA) is 19.7 Å². The van der Waals surface area contributed by atoms with Crippen LogP contribution in [0.4, 0.5) is 0 Å². The maximum absolute atomic E-state index is 2.47. The fourth-order valence-corrected chi connectivity index (χ4v) is 19.7. The summed E-state index contributed by atoms with van der Waals surface area (Å²) in [6.07, 6.45) is 0. The highest BCUT2D eigenvalue weighted by atomic mass is 32.1. The average Bonchev–Trinajstić information content (AvgIpc) is 1.58. The minimum absolute atomic E-state index is 1.15. The summed E-state index contributed by atoms with van der Waals surface area (Å²) in [5.74, 6) is 0. The molecular formula is C102H64N4S2. The Morgan fingerprint density at radius 2 is 0.426 bits per heavy atom. The van der Waals surface area contributed by atoms with E-state index in [1.165, 1.54) is 195 Å². The van der Waals surface area contributed by atoms with Crippen molar-refractivity contribution in [2.75, 3.05) is 0 Å². The maximum Gasteiger partial charge on any atom is 0.0640 e. The molecular weight excluding hydrogens is 1350 g/mol. The summed E-state index contributed by atoms with van der Waals surface area (Å²) in [5, 5.41) is 15.3. The molecule has 6 aromatic heterocycles. The molecule has 0 fully saturated rings. The lowest BCUT2D eigenvalue weighted by molar-refractivity contribution is 1.18. The average molecular weight is 1410 g/mol. The summed E-state index contributed by atoms with van der Waals surface area (Å²) in [6.45, 7) is 0. The Morgan fingerprint density at radius 1 is 0.148 bits per heavy atom. The van der Waals surface area contributed by atoms with Gasteiger partial charge in [0.1, 0.15) is 0 Å². The van der Waals surface area contributed by atoms with E-state index in [0.717, 1.165) is 11.4 Å². The van der Waals surface area contributed by atoms with E-state index < -0.39 is 0 Å². The van der Waals surface area contributed by atoms with Gasteiger partial charge in [-0.1, -0.05) is 261 Å². The van der Waals surface area contributed by atoms with Gasteiger partial charge in [-0.15, -0.1) is 22.7 Å². The zero-order valence-electron chi connectivity index (χ0n) is 58.6. The standard InChI is InChI=1S/C54H34N2S.C48H30N2S/c1-3-14-35(15-4-1)39-30-40(36-16-5-2-6-17-36)32-41(31-39)55-48-22-10-7-18-42(48)46-33-37(26-28-50(46)55)38-27-29-51-47(34-38)43-19-8-11-23-49(43)56(51)52-24-13-21-45-44-20-9-12-25-53(44)57-54(45)52;1-2-12-31(13-3-1)32-14-10-15-35(28-32)49-42-20-7-4-16-36(42)40-29-33(24-26-44(40)49)34-25-27-45-41(30-34)37-17-5-8-21-43(37)50(45)46-22-11-19-39-38-18-6-9-23-47(38)51-48(39)46/h1-34H;1-30H. The number of fused-ring (bicyclic) bond motifs is 18. The van der Waals surface area contributed by atoms with Gasteiger partial charge in [-0.3, -0.25) is 0 Å². The third kappa shape index (κ3) is 9.95. The molecule has 6 heteroatoms. The number of benzene rings is 17. The van der Waals surface area contributed by atoms with Crippen molar-refractivity contribution in [3.8, 4) is 78.4 Å². The third-order valence-corrected chi connectivity index (χ3v) is 24.6. The lowest BCUT2D eigenvalue weighted by Crippen LogP contribution is -1.96. The van der Waals surface area contributed by atoms with Gasteiger partial charge in [0.05, 0.1) is 64.9 Å². The number of aromatic nitrogens is 4. The van der Waals surface area contributed by atoms with Crippen LogP contribution in [0.25, 0.3) is 206 Å². The monoisotopic (exact) mass is 1410 g/mol. The first-order valence-electron chi connectivity index (χ1n) is 36.9. The van der Waals surface area contributed by atoms with Crippen molar-refractivity contribution in [3.63, 3.8) is 0 Å². The molecule has 0 N–H and O–H groups in total. The van der Waals surface area contributed by atoms with E-state index in [4.69, 9.17) is 0 Å². The van der Waals surface area contributed by atoms with Crippen LogP contribution in [-0.4, -0.2) is 18.3 Å². The summed E-state index contributed by atoms with van der Waals surface area (Å²) >= 11 is 3.76. The smallest absolute Gasteiger partial charge is 0.0640 e. The predicted molar refractivity (Wildman–Crippen MR) is 463 cm³/mol. The molecule has 0 aliphatic carbocycles. The lowest BCUT2D eigenvalue weighted by Gasteiger charge is -2.14. The van der Waals surface area contributed by atoms with Crippen LogP contribution >= 0.6 is 22.7 Å². The van der Waals surface area contributed by atoms with E-state index in [1.54, 1.807) is 0 Å². The van der Waals surface area contributed by atoms with Gasteiger partial charge in [-0.25, -0.2) is 0 Å². The van der Waals surface area contributed by atoms with Gasteiger partial charge in [0.15, 0.2) is 0 Å². The fourth-order valence-electron chi connectivity index (χ4n) is 17.3. The summed E-state index contributed by atoms with van der Waals surface area (Å²) < 4.78 is 15.1. The van der Waals surface area contributed by atoms with Gasteiger partial charge in [-0.05, 0) is 183 Å². The van der Waals surface area contributed by atoms with E-state index in [2.05, 4.69) is 407 Å². The van der Waals surface area contributed by atoms with E-state index >= 15 is 0 Å². The van der Waals surface area contributed by atoms with E-state index in [1.807, 2.05) is 22.7 Å². The highest BCUT2D eigenvalue weighted by Crippen LogP contribution is 2.46. The highest BCUT2D eigenvalue weighted by Gasteiger charge is 2.23. The first-order chi connectivity index (χ1) is 53.6. The molecule has 0 bridgehead atoms. The molecule has 17 aromatic carbocycles. The first-order valence-corrected chi connectivity index (χ1v) is 38.6. The number of hydrogen-bond donors (Lipinski definition) is 0. The molecule has 0 saturated carbocycles. The van der Waals surface area contributed by atoms with Gasteiger partial charge in [0, 0.05) is 85.4 Å². The molecule has 4 nitrogen and oxygen atoms in total. The van der Waals surface area contributed by atoms with Crippen LogP contribution < -0.4 is 0 Å². The molecule has 0 spiro atoms. The van der Waals surface area contributed by atoms with Crippen molar-refractivity contribution < 1.29 is 0 Å². The van der Waals surface area contributed by atoms with Gasteiger partial charge in [-0.2, -0.15) is 0 Å². The van der Waals surface area contributed by atoms with E-state index in [-0.39, 0.29) is 0 Å². The van der Waals surface area contributed by atoms with Crippen LogP contribution in [-0.2, 0) is 0 Å². The molecule has 0 saturated heterocycles. The Bertz CT molecular complexity index is 7490. The zero-order valence-corrected chi connectivity index (χ0v) is 60.2. The molecule has 0 atom stereocenters. The summed E-state index contributed by atoms with van der Waals surface area (Å²) in [7, 11) is 0. The predicted octanol–water partition coefficient (Wildman–Crippen LogP) is 28.8. The molecule has 108 heavy (non-hydrogen) atoms. The van der Waals surface area contributed by atoms with Crippen molar-refractivity contribution in [2.45, 2.75) is 0 Å². The minimum atomic E-state index is 1.15. The highest BCUT2D eigenvalue weighted by molar-refractivity contribution is 7.26. The number of para-hydroxylation sites is 4. The van der Waals surface area contributed by atoms with Crippen molar-refractivity contribution in [2.24, 2.45) is 0 Å². The second kappa shape index (κ2) is 25.0. The Kier molecular flexibility index (Phi) is 14.3. The normalized spacial score (nSPS) is 11.9. The molecule has 0 amide bonds. The second-order valence-electron chi connectivity index (χ2n) is 28.3. The summed E-state index contributed by atoms with van der Waals surface area (Å²) in [6, 6.07) is 142. The van der Waals surface area contributed by atoms with Crippen molar-refractivity contribution in [3.05, 3.63) is 388 Å². The number of hydrogen-bond acceptors (Lipinski definition) is 2. The van der Waals surface area contributed by atoms with Crippen LogP contribution in [0.1, 0.15) is 0 Å². The summed E-state index contributed by atoms with van der Waals surface area (Å²) in [5.41, 5.74) is 26.6. The molecule has 6 heterocycles. The zero-order chi connectivity index (χ0) is 70.9. The number of rotatable bonds is 9. The van der Waals surface area contributed by atoms with Crippen molar-refractivity contribution >= 4 is 150 Å². The Balaban J connectivity index is 0.000000135. The molecule has 504 valence electrons. The SMILES string of the molecule is c1ccc(-c2cc(-c3ccccc3)cc(-n3c4ccccc4c4cc(-c5ccc6c(c5)c5ccccc5n6-c5cccc6c5sc5ccccc56)ccc43)c2)cc1.c1ccc(-c2cccc(-n3c4ccccc4c4cc(-c5ccc6c(c5)c5ccccc5n6-c5cccc6c5sc5ccccc56)ccc43)c2)cc1. The fraction of sp³-hybridized carbons (Fsp3) is 0. The largest absolute Gasteiger partial charge is 0.309 e. The van der Waals surface area contributed by atoms with Crippen LogP contribution in [0.15, 0.2) is 388 Å². The Labute approximate surface area is 630 Å². The number of thiophene rings is 2. The maximum atomic E-state index is 2.47. The minimum Gasteiger partial charge on any atom is -0.309 e. The number of nitrogens with zero attached hydrogens (tertiary/aromatic N) is 4. The Morgan fingerprint density at radius 3 is 0.833 bits per heavy atom. The van der Waals surface area contributed by atoms with Gasteiger partial charge < -0.3 is 18.3 Å². The van der Waals surface area contributed by atoms with Crippen LogP contribution in [0.2, 0.25) is 0 Å². The summed E-state index contributed by atoms with van der Waals surface area (Å²) in [4.78, 5) is 0. The molecule has 0 aliphatic heterocycles. The molecule has 0 unspecified atom stereocenters. The van der Waals surface area contributed by atoms with Crippen molar-refractivity contribution in [1.82, 2.24) is 18.3 Å². The van der Waals surface area contributed by atoms with Crippen LogP contribution in [0.5, 0.6) is 0 Å². The van der Waals surface area contributed by atoms with Crippen LogP contribution in [0.3, 0.4) is 0 Å². The molecule has 0 radical (unpaired) electrons. The Hall–Kier alpha value is -13.6. The van der Waals surface area contributed by atoms with Crippen LogP contribution in [0, 0.1) is 0 Å². The molecule has 23 rings (SSSR count). The first kappa shape index (κ1) is 61.8. The third-order valence-electron chi connectivity index (χ3n) is 22.2. The van der Waals surface area contributed by atoms with Gasteiger partial charge >= 0.3 is 0 Å². The second-order valence-corrected chi connectivity index (χ2v) is 30.4. The molecule has 23 aromatic rings. The lowest BCUT2D eigenvalue weighted by atomic mass is 9.98. The quantitative estimate of drug-likeness (QED) is 0.137. The molecule has 0 aliphatic rings. The van der Waals surface area contributed by atoms with Gasteiger partial charge in [0.2, 0.25) is 0 Å². The van der Waals surface area contributed by atoms with Crippen molar-refractivity contribution in [1.29, 1.82) is 0 Å². The van der Waals surface area contributed by atoms with Gasteiger partial charge in [0.25, 0.3) is 0 Å².